The Morgan fingerprint density at radius 1 is 1.06 bits per heavy atom. The highest BCUT2D eigenvalue weighted by molar-refractivity contribution is 5.98. The van der Waals surface area contributed by atoms with Crippen molar-refractivity contribution in [3.8, 4) is 34.7 Å². The van der Waals surface area contributed by atoms with Gasteiger partial charge in [0.15, 0.2) is 0 Å². The van der Waals surface area contributed by atoms with Crippen molar-refractivity contribution in [3.63, 3.8) is 0 Å². The largest absolute Gasteiger partial charge is 0.339 e. The highest BCUT2D eigenvalue weighted by Crippen LogP contribution is 2.49. The van der Waals surface area contributed by atoms with E-state index in [0.29, 0.717) is 19.3 Å². The predicted molar refractivity (Wildman–Crippen MR) is 120 cm³/mol. The molecule has 5 aromatic rings. The molecule has 1 fully saturated rings. The molecule has 1 aliphatic carbocycles. The van der Waals surface area contributed by atoms with E-state index in [1.807, 2.05) is 42.3 Å². The van der Waals surface area contributed by atoms with Crippen molar-refractivity contribution in [2.75, 3.05) is 0 Å². The van der Waals surface area contributed by atoms with Gasteiger partial charge in [0.05, 0.1) is 71.0 Å². The molecule has 0 saturated heterocycles. The zero-order chi connectivity index (χ0) is 22.6. The van der Waals surface area contributed by atoms with Crippen LogP contribution in [0.5, 0.6) is 0 Å². The second kappa shape index (κ2) is 7.01. The highest BCUT2D eigenvalue weighted by Gasteiger charge is 2.46. The van der Waals surface area contributed by atoms with E-state index in [4.69, 9.17) is 4.98 Å². The molecule has 33 heavy (non-hydrogen) atoms. The second-order valence-electron chi connectivity index (χ2n) is 8.64. The third-order valence-electron chi connectivity index (χ3n) is 6.61. The maximum absolute atomic E-state index is 9.57. The van der Waals surface area contributed by atoms with Gasteiger partial charge in [-0.15, -0.1) is 0 Å². The lowest BCUT2D eigenvalue weighted by Crippen LogP contribution is -2.45. The Morgan fingerprint density at radius 3 is 2.67 bits per heavy atom. The van der Waals surface area contributed by atoms with Crippen molar-refractivity contribution in [2.24, 2.45) is 13.0 Å². The summed E-state index contributed by atoms with van der Waals surface area (Å²) in [7, 11) is 1.87. The maximum Gasteiger partial charge on any atom is 0.0989 e. The van der Waals surface area contributed by atoms with E-state index in [9.17, 15) is 10.5 Å². The summed E-state index contributed by atoms with van der Waals surface area (Å²) >= 11 is 0. The molecule has 9 heteroatoms. The predicted octanol–water partition coefficient (Wildman–Crippen LogP) is 3.69. The minimum atomic E-state index is -0.398. The number of aryl methyl sites for hydroxylation is 1. The fourth-order valence-corrected chi connectivity index (χ4v) is 4.99. The van der Waals surface area contributed by atoms with Crippen molar-refractivity contribution >= 4 is 16.4 Å². The number of aromatic nitrogens is 7. The van der Waals surface area contributed by atoms with E-state index in [-0.39, 0.29) is 5.92 Å². The van der Waals surface area contributed by atoms with E-state index in [0.717, 1.165) is 38.9 Å². The lowest BCUT2D eigenvalue weighted by molar-refractivity contribution is 0.109. The van der Waals surface area contributed by atoms with Gasteiger partial charge in [0, 0.05) is 48.3 Å². The highest BCUT2D eigenvalue weighted by atomic mass is 15.2. The zero-order valence-corrected chi connectivity index (χ0v) is 17.9. The molecule has 160 valence electrons. The summed E-state index contributed by atoms with van der Waals surface area (Å²) in [6.07, 6.45) is 14.7. The Morgan fingerprint density at radius 2 is 1.91 bits per heavy atom. The van der Waals surface area contributed by atoms with Gasteiger partial charge in [-0.3, -0.25) is 9.67 Å². The molecular weight excluding hydrogens is 414 g/mol. The fraction of sp³-hybridized carbons (Fsp3) is 0.250. The van der Waals surface area contributed by atoms with Crippen LogP contribution >= 0.6 is 0 Å². The molecule has 0 spiro atoms. The van der Waals surface area contributed by atoms with Crippen molar-refractivity contribution in [1.29, 1.82) is 10.5 Å². The lowest BCUT2D eigenvalue weighted by atomic mass is 9.67. The van der Waals surface area contributed by atoms with Crippen molar-refractivity contribution in [2.45, 2.75) is 24.8 Å². The Balaban J connectivity index is 1.60. The van der Waals surface area contributed by atoms with Crippen LogP contribution in [0.4, 0.5) is 0 Å². The van der Waals surface area contributed by atoms with Crippen molar-refractivity contribution < 1.29 is 0 Å². The molecule has 0 N–H and O–H groups in total. The quantitative estimate of drug-likeness (QED) is 0.427. The smallest absolute Gasteiger partial charge is 0.0989 e. The van der Waals surface area contributed by atoms with Crippen molar-refractivity contribution in [3.05, 3.63) is 55.5 Å². The number of nitriles is 2. The molecule has 0 atom stereocenters. The first-order valence-electron chi connectivity index (χ1n) is 10.7. The van der Waals surface area contributed by atoms with E-state index in [1.54, 1.807) is 23.3 Å². The third-order valence-corrected chi connectivity index (χ3v) is 6.61. The zero-order valence-electron chi connectivity index (χ0n) is 17.9. The van der Waals surface area contributed by atoms with Crippen LogP contribution in [0.1, 0.15) is 19.3 Å². The number of rotatable bonds is 4. The first kappa shape index (κ1) is 19.2. The van der Waals surface area contributed by atoms with Gasteiger partial charge in [-0.2, -0.15) is 20.7 Å². The van der Waals surface area contributed by atoms with Gasteiger partial charge >= 0.3 is 0 Å². The van der Waals surface area contributed by atoms with Crippen LogP contribution in [0.15, 0.2) is 55.5 Å². The molecule has 0 radical (unpaired) electrons. The van der Waals surface area contributed by atoms with E-state index >= 15 is 0 Å². The average Bonchev–Trinajstić information content (AvgIpc) is 3.53. The van der Waals surface area contributed by atoms with Crippen molar-refractivity contribution in [1.82, 2.24) is 33.9 Å². The van der Waals surface area contributed by atoms with E-state index in [2.05, 4.69) is 38.1 Å². The Kier molecular flexibility index (Phi) is 4.08. The summed E-state index contributed by atoms with van der Waals surface area (Å²) < 4.78 is 5.74. The summed E-state index contributed by atoms with van der Waals surface area (Å²) in [4.78, 5) is 9.39. The van der Waals surface area contributed by atoms with Gasteiger partial charge in [-0.25, -0.2) is 9.50 Å². The van der Waals surface area contributed by atoms with Crippen LogP contribution < -0.4 is 0 Å². The monoisotopic (exact) mass is 433 g/mol. The first-order valence-corrected chi connectivity index (χ1v) is 10.7. The number of pyridine rings is 1. The number of hydrogen-bond donors (Lipinski definition) is 0. The average molecular weight is 433 g/mol. The molecule has 0 bridgehead atoms. The standard InChI is InChI=1S/C24H19N9/c1-31-13-17(11-29-31)20-15-33-22(3-7-28-33)23(30-20)19-14-32(21-2-6-27-12-18(19)21)24(4-5-25)8-16(9-24)10-26/h2-3,6-7,11-16H,4,8-9H2,1H3/t16-,24+. The van der Waals surface area contributed by atoms with Crippen LogP contribution in [-0.2, 0) is 12.6 Å². The molecule has 9 nitrogen and oxygen atoms in total. The van der Waals surface area contributed by atoms with Gasteiger partial charge in [0.2, 0.25) is 0 Å². The minimum Gasteiger partial charge on any atom is -0.339 e. The third kappa shape index (κ3) is 2.83. The topological polar surface area (TPSA) is 113 Å². The van der Waals surface area contributed by atoms with Crippen LogP contribution in [0, 0.1) is 28.6 Å². The Bertz CT molecular complexity index is 1600. The van der Waals surface area contributed by atoms with Crippen LogP contribution in [0.2, 0.25) is 0 Å². The Hall–Kier alpha value is -4.50. The van der Waals surface area contributed by atoms with E-state index in [1.165, 1.54) is 0 Å². The summed E-state index contributed by atoms with van der Waals surface area (Å²) in [5.74, 6) is -0.0327. The van der Waals surface area contributed by atoms with Gasteiger partial charge in [-0.1, -0.05) is 0 Å². The molecule has 0 amide bonds. The molecule has 0 aromatic carbocycles. The summed E-state index contributed by atoms with van der Waals surface area (Å²) in [5.41, 5.74) is 4.83. The summed E-state index contributed by atoms with van der Waals surface area (Å²) in [5, 5.41) is 28.6. The fourth-order valence-electron chi connectivity index (χ4n) is 4.99. The van der Waals surface area contributed by atoms with Crippen LogP contribution in [0.25, 0.3) is 38.9 Å². The normalized spacial score (nSPS) is 19.9. The van der Waals surface area contributed by atoms with Gasteiger partial charge in [0.1, 0.15) is 0 Å². The summed E-state index contributed by atoms with van der Waals surface area (Å²) in [6, 6.07) is 8.60. The molecule has 0 aliphatic heterocycles. The SMILES string of the molecule is Cn1cc(-c2cn3nccc3c(-c3cn([C@]4(CC#N)C[C@H](C#N)C4)c4ccncc34)n2)cn1. The molecule has 6 rings (SSSR count). The molecule has 5 aromatic heterocycles. The molecular formula is C24H19N9. The molecule has 5 heterocycles. The van der Waals surface area contributed by atoms with E-state index < -0.39 is 5.54 Å². The Labute approximate surface area is 189 Å². The summed E-state index contributed by atoms with van der Waals surface area (Å²) in [6.45, 7) is 0. The van der Waals surface area contributed by atoms with Crippen LogP contribution in [0.3, 0.4) is 0 Å². The molecule has 1 saturated carbocycles. The number of fused-ring (bicyclic) bond motifs is 2. The van der Waals surface area contributed by atoms with Gasteiger partial charge in [-0.05, 0) is 25.0 Å². The minimum absolute atomic E-state index is 0.0327. The molecule has 1 aliphatic rings. The second-order valence-corrected chi connectivity index (χ2v) is 8.64. The van der Waals surface area contributed by atoms with Gasteiger partial charge < -0.3 is 4.57 Å². The molecule has 0 unspecified atom stereocenters. The lowest BCUT2D eigenvalue weighted by Gasteiger charge is -2.45. The number of hydrogen-bond acceptors (Lipinski definition) is 6. The first-order chi connectivity index (χ1) is 16.1. The number of nitrogens with zero attached hydrogens (tertiary/aromatic N) is 9. The van der Waals surface area contributed by atoms with Crippen LogP contribution in [-0.4, -0.2) is 33.9 Å². The van der Waals surface area contributed by atoms with Gasteiger partial charge in [0.25, 0.3) is 0 Å². The maximum atomic E-state index is 9.57.